The number of aliphatic imine (C=N–C) groups is 1. The number of benzene rings is 1. The number of halogens is 3. The molecule has 0 radical (unpaired) electrons. The molecule has 1 heterocycles. The van der Waals surface area contributed by atoms with Crippen molar-refractivity contribution in [3.05, 3.63) is 35.4 Å². The summed E-state index contributed by atoms with van der Waals surface area (Å²) in [6.07, 6.45) is -2.34. The van der Waals surface area contributed by atoms with Gasteiger partial charge < -0.3 is 10.6 Å². The molecule has 1 saturated heterocycles. The summed E-state index contributed by atoms with van der Waals surface area (Å²) in [6.45, 7) is 5.30. The van der Waals surface area contributed by atoms with E-state index in [9.17, 15) is 21.6 Å². The summed E-state index contributed by atoms with van der Waals surface area (Å²) in [4.78, 5) is 6.54. The fraction of sp³-hybridized carbons (Fsp3) is 0.611. The average molecular weight is 436 g/mol. The maximum Gasteiger partial charge on any atom is 0.416 e. The Morgan fingerprint density at radius 3 is 2.55 bits per heavy atom. The molecule has 29 heavy (non-hydrogen) atoms. The third kappa shape index (κ3) is 8.58. The van der Waals surface area contributed by atoms with Crippen molar-refractivity contribution in [2.75, 3.05) is 39.0 Å². The summed E-state index contributed by atoms with van der Waals surface area (Å²) in [5.74, 6) is 0.615. The molecule has 1 aromatic rings. The number of alkyl halides is 3. The highest BCUT2D eigenvalue weighted by Crippen LogP contribution is 2.29. The molecule has 1 fully saturated rings. The molecular weight excluding hydrogens is 407 g/mol. The van der Waals surface area contributed by atoms with E-state index in [4.69, 9.17) is 0 Å². The highest BCUT2D eigenvalue weighted by Gasteiger charge is 2.30. The number of nitrogens with one attached hydrogen (secondary N) is 3. The fourth-order valence-electron chi connectivity index (χ4n) is 3.06. The highest BCUT2D eigenvalue weighted by atomic mass is 32.2. The molecule has 11 heteroatoms. The Bertz CT molecular complexity index is 782. The lowest BCUT2D eigenvalue weighted by Crippen LogP contribution is -2.45. The van der Waals surface area contributed by atoms with Crippen LogP contribution in [0.5, 0.6) is 0 Å². The first-order valence-corrected chi connectivity index (χ1v) is 11.3. The van der Waals surface area contributed by atoms with E-state index in [1.165, 1.54) is 12.1 Å². The van der Waals surface area contributed by atoms with Gasteiger partial charge in [-0.3, -0.25) is 9.89 Å². The summed E-state index contributed by atoms with van der Waals surface area (Å²) >= 11 is 0. The summed E-state index contributed by atoms with van der Waals surface area (Å²) < 4.78 is 62.5. The Balaban J connectivity index is 1.83. The maximum atomic E-state index is 12.7. The minimum Gasteiger partial charge on any atom is -0.357 e. The minimum atomic E-state index is -4.32. The number of hydrogen-bond donors (Lipinski definition) is 3. The van der Waals surface area contributed by atoms with E-state index in [1.54, 1.807) is 0 Å². The molecule has 164 valence electrons. The Labute approximate surface area is 169 Å². The van der Waals surface area contributed by atoms with Crippen LogP contribution in [-0.2, 0) is 22.7 Å². The van der Waals surface area contributed by atoms with E-state index in [2.05, 4.69) is 25.2 Å². The van der Waals surface area contributed by atoms with Crippen molar-refractivity contribution in [2.24, 2.45) is 4.99 Å². The zero-order valence-electron chi connectivity index (χ0n) is 16.6. The molecule has 0 saturated carbocycles. The van der Waals surface area contributed by atoms with Gasteiger partial charge in [0.15, 0.2) is 5.96 Å². The van der Waals surface area contributed by atoms with Crippen LogP contribution >= 0.6 is 0 Å². The smallest absolute Gasteiger partial charge is 0.357 e. The predicted molar refractivity (Wildman–Crippen MR) is 107 cm³/mol. The van der Waals surface area contributed by atoms with Crippen LogP contribution in [0.1, 0.15) is 24.5 Å². The molecule has 0 amide bonds. The predicted octanol–water partition coefficient (Wildman–Crippen LogP) is 1.38. The number of hydrogen-bond acceptors (Lipinski definition) is 4. The van der Waals surface area contributed by atoms with Gasteiger partial charge in [-0.1, -0.05) is 12.1 Å². The second-order valence-electron chi connectivity index (χ2n) is 6.99. The van der Waals surface area contributed by atoms with Crippen LogP contribution < -0.4 is 15.4 Å². The van der Waals surface area contributed by atoms with E-state index >= 15 is 0 Å². The largest absolute Gasteiger partial charge is 0.416 e. The lowest BCUT2D eigenvalue weighted by Gasteiger charge is -2.19. The molecule has 0 bridgehead atoms. The quantitative estimate of drug-likeness (QED) is 0.326. The van der Waals surface area contributed by atoms with Crippen molar-refractivity contribution in [3.63, 3.8) is 0 Å². The number of rotatable bonds is 8. The second-order valence-corrected chi connectivity index (χ2v) is 8.82. The van der Waals surface area contributed by atoms with Crippen molar-refractivity contribution in [1.29, 1.82) is 0 Å². The van der Waals surface area contributed by atoms with Gasteiger partial charge in [0, 0.05) is 38.8 Å². The van der Waals surface area contributed by atoms with E-state index in [0.717, 1.165) is 43.5 Å². The first-order chi connectivity index (χ1) is 13.6. The topological polar surface area (TPSA) is 85.8 Å². The summed E-state index contributed by atoms with van der Waals surface area (Å²) in [6, 6.07) is 5.42. The molecule has 2 rings (SSSR count). The van der Waals surface area contributed by atoms with Gasteiger partial charge in [0.2, 0.25) is 10.0 Å². The number of guanidine groups is 1. The van der Waals surface area contributed by atoms with Crippen LogP contribution in [0.25, 0.3) is 0 Å². The van der Waals surface area contributed by atoms with E-state index in [-0.39, 0.29) is 12.6 Å². The highest BCUT2D eigenvalue weighted by molar-refractivity contribution is 7.88. The van der Waals surface area contributed by atoms with Gasteiger partial charge in [-0.05, 0) is 31.0 Å². The van der Waals surface area contributed by atoms with Crippen LogP contribution in [0.15, 0.2) is 29.3 Å². The van der Waals surface area contributed by atoms with Crippen LogP contribution in [0.3, 0.4) is 0 Å². The number of nitrogens with zero attached hydrogens (tertiary/aromatic N) is 2. The summed E-state index contributed by atoms with van der Waals surface area (Å²) in [5.41, 5.74) is 0.199. The molecule has 1 unspecified atom stereocenters. The molecular formula is C18H28F3N5O2S. The Morgan fingerprint density at radius 1 is 1.28 bits per heavy atom. The monoisotopic (exact) mass is 435 g/mol. The SMILES string of the molecule is CCNC(=NCCNS(C)(=O)=O)NC1CCN(Cc2ccc(C(F)(F)F)cc2)C1. The third-order valence-corrected chi connectivity index (χ3v) is 5.12. The van der Waals surface area contributed by atoms with E-state index in [1.807, 2.05) is 6.92 Å². The molecule has 7 nitrogen and oxygen atoms in total. The number of likely N-dealkylation sites (tertiary alicyclic amines) is 1. The van der Waals surface area contributed by atoms with Gasteiger partial charge in [-0.15, -0.1) is 0 Å². The maximum absolute atomic E-state index is 12.7. The lowest BCUT2D eigenvalue weighted by molar-refractivity contribution is -0.137. The van der Waals surface area contributed by atoms with Gasteiger partial charge in [0.25, 0.3) is 0 Å². The number of sulfonamides is 1. The fourth-order valence-corrected chi connectivity index (χ4v) is 3.53. The van der Waals surface area contributed by atoms with Crippen molar-refractivity contribution >= 4 is 16.0 Å². The zero-order valence-corrected chi connectivity index (χ0v) is 17.4. The standard InChI is InChI=1S/C18H28F3N5O2S/c1-3-22-17(23-9-10-24-29(2,27)28)25-16-8-11-26(13-16)12-14-4-6-15(7-5-14)18(19,20)21/h4-7,16,24H,3,8-13H2,1-2H3,(H2,22,23,25). The molecule has 1 aliphatic rings. The van der Waals surface area contributed by atoms with Gasteiger partial charge in [0.1, 0.15) is 0 Å². The Kier molecular flexibility index (Phi) is 8.29. The van der Waals surface area contributed by atoms with Crippen LogP contribution in [-0.4, -0.2) is 64.3 Å². The average Bonchev–Trinajstić information content (AvgIpc) is 3.04. The molecule has 0 spiro atoms. The molecule has 3 N–H and O–H groups in total. The van der Waals surface area contributed by atoms with Gasteiger partial charge in [0.05, 0.1) is 18.4 Å². The van der Waals surface area contributed by atoms with E-state index < -0.39 is 21.8 Å². The third-order valence-electron chi connectivity index (χ3n) is 4.39. The van der Waals surface area contributed by atoms with Crippen LogP contribution in [0, 0.1) is 0 Å². The molecule has 1 aliphatic heterocycles. The summed E-state index contributed by atoms with van der Waals surface area (Å²) in [5, 5.41) is 6.46. The van der Waals surface area contributed by atoms with E-state index in [0.29, 0.717) is 25.6 Å². The summed E-state index contributed by atoms with van der Waals surface area (Å²) in [7, 11) is -3.23. The minimum absolute atomic E-state index is 0.158. The van der Waals surface area contributed by atoms with Crippen LogP contribution in [0.4, 0.5) is 13.2 Å². The van der Waals surface area contributed by atoms with Crippen molar-refractivity contribution in [1.82, 2.24) is 20.3 Å². The first-order valence-electron chi connectivity index (χ1n) is 9.45. The first kappa shape index (κ1) is 23.4. The normalized spacial score (nSPS) is 18.8. The lowest BCUT2D eigenvalue weighted by atomic mass is 10.1. The van der Waals surface area contributed by atoms with Gasteiger partial charge in [-0.2, -0.15) is 13.2 Å². The molecule has 1 aromatic carbocycles. The second kappa shape index (κ2) is 10.3. The van der Waals surface area contributed by atoms with Crippen LogP contribution in [0.2, 0.25) is 0 Å². The molecule has 1 atom stereocenters. The molecule has 0 aromatic heterocycles. The van der Waals surface area contributed by atoms with Gasteiger partial charge >= 0.3 is 6.18 Å². The Morgan fingerprint density at radius 2 is 1.97 bits per heavy atom. The van der Waals surface area contributed by atoms with Gasteiger partial charge in [-0.25, -0.2) is 13.1 Å². The van der Waals surface area contributed by atoms with Crippen molar-refractivity contribution in [3.8, 4) is 0 Å². The van der Waals surface area contributed by atoms with Crippen molar-refractivity contribution < 1.29 is 21.6 Å². The van der Waals surface area contributed by atoms with Crippen molar-refractivity contribution in [2.45, 2.75) is 32.1 Å². The molecule has 0 aliphatic carbocycles. The Hall–Kier alpha value is -1.85. The zero-order chi connectivity index (χ0) is 21.5.